The van der Waals surface area contributed by atoms with Crippen molar-refractivity contribution in [3.63, 3.8) is 0 Å². The van der Waals surface area contributed by atoms with Gasteiger partial charge in [-0.3, -0.25) is 14.9 Å². The number of carbonyl (C=O) groups is 2. The van der Waals surface area contributed by atoms with Gasteiger partial charge in [-0.2, -0.15) is 0 Å². The number of hydrogen-bond acceptors (Lipinski definition) is 7. The van der Waals surface area contributed by atoms with E-state index in [1.165, 1.54) is 18.4 Å². The maximum Gasteiger partial charge on any atom is 0.321 e. The van der Waals surface area contributed by atoms with Gasteiger partial charge in [-0.15, -0.1) is 0 Å². The molecule has 1 saturated heterocycles. The maximum atomic E-state index is 13.2. The molecule has 0 bridgehead atoms. The Kier molecular flexibility index (Phi) is 5.69. The molecule has 0 unspecified atom stereocenters. The van der Waals surface area contributed by atoms with Crippen LogP contribution in [0.2, 0.25) is 0 Å². The highest BCUT2D eigenvalue weighted by molar-refractivity contribution is 6.08. The summed E-state index contributed by atoms with van der Waals surface area (Å²) < 4.78 is 23.7. The lowest BCUT2D eigenvalue weighted by Gasteiger charge is -2.39. The number of furan rings is 1. The van der Waals surface area contributed by atoms with Gasteiger partial charge in [0.2, 0.25) is 11.9 Å². The third-order valence-corrected chi connectivity index (χ3v) is 5.24. The SMILES string of the molecule is CCOC(=O)[C@H]1C(=O)NC(N2CCN(c3ccc(F)cc3)CC2)=N[C@H]1c1ccco1. The molecule has 30 heavy (non-hydrogen) atoms. The van der Waals surface area contributed by atoms with Gasteiger partial charge in [0.1, 0.15) is 17.6 Å². The van der Waals surface area contributed by atoms with E-state index in [1.807, 2.05) is 4.90 Å². The van der Waals surface area contributed by atoms with Crippen LogP contribution in [0.5, 0.6) is 0 Å². The van der Waals surface area contributed by atoms with E-state index in [1.54, 1.807) is 31.2 Å². The Morgan fingerprint density at radius 2 is 1.90 bits per heavy atom. The summed E-state index contributed by atoms with van der Waals surface area (Å²) in [6.45, 7) is 4.47. The van der Waals surface area contributed by atoms with Crippen molar-refractivity contribution in [3.8, 4) is 0 Å². The van der Waals surface area contributed by atoms with Crippen LogP contribution >= 0.6 is 0 Å². The van der Waals surface area contributed by atoms with Gasteiger partial charge in [-0.05, 0) is 43.3 Å². The number of carbonyl (C=O) groups excluding carboxylic acids is 2. The Balaban J connectivity index is 1.51. The molecule has 1 N–H and O–H groups in total. The highest BCUT2D eigenvalue weighted by atomic mass is 19.1. The van der Waals surface area contributed by atoms with Gasteiger partial charge in [0.05, 0.1) is 12.9 Å². The third-order valence-electron chi connectivity index (χ3n) is 5.24. The molecule has 9 heteroatoms. The predicted octanol–water partition coefficient (Wildman–Crippen LogP) is 1.95. The van der Waals surface area contributed by atoms with E-state index in [4.69, 9.17) is 9.15 Å². The van der Waals surface area contributed by atoms with Crippen molar-refractivity contribution >= 4 is 23.5 Å². The lowest BCUT2D eigenvalue weighted by Crippen LogP contribution is -2.57. The molecule has 158 valence electrons. The first-order valence-corrected chi connectivity index (χ1v) is 9.91. The van der Waals surface area contributed by atoms with Crippen molar-refractivity contribution in [2.45, 2.75) is 13.0 Å². The molecule has 1 aromatic heterocycles. The van der Waals surface area contributed by atoms with Gasteiger partial charge >= 0.3 is 5.97 Å². The Bertz CT molecular complexity index is 921. The molecule has 0 saturated carbocycles. The van der Waals surface area contributed by atoms with Crippen molar-refractivity contribution in [2.24, 2.45) is 10.9 Å². The summed E-state index contributed by atoms with van der Waals surface area (Å²) in [4.78, 5) is 33.9. The molecule has 3 heterocycles. The molecular formula is C21H23FN4O4. The number of guanidine groups is 1. The van der Waals surface area contributed by atoms with E-state index in [2.05, 4.69) is 15.2 Å². The molecular weight excluding hydrogens is 391 g/mol. The quantitative estimate of drug-likeness (QED) is 0.608. The van der Waals surface area contributed by atoms with Gasteiger partial charge in [0, 0.05) is 31.9 Å². The number of ether oxygens (including phenoxy) is 1. The van der Waals surface area contributed by atoms with Crippen LogP contribution in [0, 0.1) is 11.7 Å². The summed E-state index contributed by atoms with van der Waals surface area (Å²) in [7, 11) is 0. The van der Waals surface area contributed by atoms with Crippen molar-refractivity contribution in [3.05, 3.63) is 54.2 Å². The van der Waals surface area contributed by atoms with Crippen LogP contribution in [0.25, 0.3) is 0 Å². The van der Waals surface area contributed by atoms with E-state index in [0.29, 0.717) is 37.9 Å². The maximum absolute atomic E-state index is 13.2. The fraction of sp³-hybridized carbons (Fsp3) is 0.381. The summed E-state index contributed by atoms with van der Waals surface area (Å²) in [5, 5.41) is 2.76. The molecule has 1 aromatic carbocycles. The molecule has 2 aliphatic heterocycles. The van der Waals surface area contributed by atoms with Crippen molar-refractivity contribution in [2.75, 3.05) is 37.7 Å². The summed E-state index contributed by atoms with van der Waals surface area (Å²) in [6.07, 6.45) is 1.49. The fourth-order valence-corrected chi connectivity index (χ4v) is 3.71. The minimum atomic E-state index is -1.10. The molecule has 8 nitrogen and oxygen atoms in total. The smallest absolute Gasteiger partial charge is 0.321 e. The molecule has 1 amide bonds. The van der Waals surface area contributed by atoms with E-state index < -0.39 is 23.8 Å². The topological polar surface area (TPSA) is 87.4 Å². The number of anilines is 1. The Labute approximate surface area is 173 Å². The zero-order chi connectivity index (χ0) is 21.1. The average molecular weight is 414 g/mol. The van der Waals surface area contributed by atoms with Gasteiger partial charge < -0.3 is 19.0 Å². The minimum absolute atomic E-state index is 0.176. The van der Waals surface area contributed by atoms with Crippen LogP contribution in [0.15, 0.2) is 52.1 Å². The highest BCUT2D eigenvalue weighted by Crippen LogP contribution is 2.31. The fourth-order valence-electron chi connectivity index (χ4n) is 3.71. The number of hydrogen-bond donors (Lipinski definition) is 1. The summed E-state index contributed by atoms with van der Waals surface area (Å²) >= 11 is 0. The normalized spacial score (nSPS) is 21.8. The minimum Gasteiger partial charge on any atom is -0.467 e. The largest absolute Gasteiger partial charge is 0.467 e. The number of halogens is 1. The number of esters is 1. The molecule has 4 rings (SSSR count). The Hall–Kier alpha value is -3.36. The zero-order valence-corrected chi connectivity index (χ0v) is 16.6. The van der Waals surface area contributed by atoms with Crippen LogP contribution < -0.4 is 10.2 Å². The summed E-state index contributed by atoms with van der Waals surface area (Å²) in [5.41, 5.74) is 0.946. The lowest BCUT2D eigenvalue weighted by atomic mass is 9.95. The molecule has 2 aliphatic rings. The molecule has 0 radical (unpaired) electrons. The first kappa shape index (κ1) is 19.9. The first-order chi connectivity index (χ1) is 14.6. The van der Waals surface area contributed by atoms with Gasteiger partial charge in [-0.25, -0.2) is 9.38 Å². The van der Waals surface area contributed by atoms with Crippen LogP contribution in [0.1, 0.15) is 18.7 Å². The van der Waals surface area contributed by atoms with Crippen molar-refractivity contribution < 1.29 is 23.1 Å². The number of amides is 1. The monoisotopic (exact) mass is 414 g/mol. The van der Waals surface area contributed by atoms with Crippen LogP contribution in [-0.4, -0.2) is 55.5 Å². The zero-order valence-electron chi connectivity index (χ0n) is 16.6. The number of benzene rings is 1. The third kappa shape index (κ3) is 4.00. The molecule has 1 fully saturated rings. The lowest BCUT2D eigenvalue weighted by molar-refractivity contribution is -0.153. The Morgan fingerprint density at radius 1 is 1.20 bits per heavy atom. The molecule has 2 aromatic rings. The van der Waals surface area contributed by atoms with E-state index in [9.17, 15) is 14.0 Å². The van der Waals surface area contributed by atoms with E-state index in [0.717, 1.165) is 5.69 Å². The summed E-state index contributed by atoms with van der Waals surface area (Å²) in [5.74, 6) is -1.59. The van der Waals surface area contributed by atoms with Gasteiger partial charge in [0.15, 0.2) is 5.92 Å². The molecule has 0 aliphatic carbocycles. The second-order valence-electron chi connectivity index (χ2n) is 7.08. The van der Waals surface area contributed by atoms with Crippen molar-refractivity contribution in [1.82, 2.24) is 10.2 Å². The predicted molar refractivity (Wildman–Crippen MR) is 107 cm³/mol. The number of aliphatic imine (C=N–C) groups is 1. The number of rotatable bonds is 4. The van der Waals surface area contributed by atoms with E-state index in [-0.39, 0.29) is 12.4 Å². The molecule has 2 atom stereocenters. The molecule has 0 spiro atoms. The van der Waals surface area contributed by atoms with Crippen LogP contribution in [-0.2, 0) is 14.3 Å². The Morgan fingerprint density at radius 3 is 2.53 bits per heavy atom. The van der Waals surface area contributed by atoms with Crippen LogP contribution in [0.3, 0.4) is 0 Å². The van der Waals surface area contributed by atoms with Crippen LogP contribution in [0.4, 0.5) is 10.1 Å². The number of nitrogens with one attached hydrogen (secondary N) is 1. The first-order valence-electron chi connectivity index (χ1n) is 9.91. The standard InChI is InChI=1S/C21H23FN4O4/c1-2-29-20(28)17-18(16-4-3-13-30-16)23-21(24-19(17)27)26-11-9-25(10-12-26)15-7-5-14(22)6-8-15/h3-8,13,17-18H,2,9-12H2,1H3,(H,23,24,27)/t17-,18+/m1/s1. The second-order valence-corrected chi connectivity index (χ2v) is 7.08. The average Bonchev–Trinajstić information content (AvgIpc) is 3.29. The second kappa shape index (κ2) is 8.56. The van der Waals surface area contributed by atoms with Gasteiger partial charge in [-0.1, -0.05) is 0 Å². The highest BCUT2D eigenvalue weighted by Gasteiger charge is 2.43. The van der Waals surface area contributed by atoms with Crippen molar-refractivity contribution in [1.29, 1.82) is 0 Å². The van der Waals surface area contributed by atoms with Gasteiger partial charge in [0.25, 0.3) is 0 Å². The number of piperazine rings is 1. The summed E-state index contributed by atoms with van der Waals surface area (Å²) in [6, 6.07) is 9.00. The number of nitrogens with zero attached hydrogens (tertiary/aromatic N) is 3. The van der Waals surface area contributed by atoms with E-state index >= 15 is 0 Å².